The molecule has 10 heavy (non-hydrogen) atoms. The molecule has 0 amide bonds. The average molecular weight is 289 g/mol. The van der Waals surface area contributed by atoms with Crippen molar-refractivity contribution < 1.29 is 13.6 Å². The summed E-state index contributed by atoms with van der Waals surface area (Å²) in [7, 11) is -1.82. The molecule has 0 spiro atoms. The van der Waals surface area contributed by atoms with Gasteiger partial charge in [-0.2, -0.15) is 0 Å². The molecule has 0 aromatic heterocycles. The zero-order chi connectivity index (χ0) is 7.82. The van der Waals surface area contributed by atoms with Crippen molar-refractivity contribution in [2.24, 2.45) is 0 Å². The van der Waals surface area contributed by atoms with Gasteiger partial charge in [0, 0.05) is 0 Å². The summed E-state index contributed by atoms with van der Waals surface area (Å²) in [6.07, 6.45) is 0. The molecule has 0 saturated heterocycles. The van der Waals surface area contributed by atoms with Crippen LogP contribution in [0.3, 0.4) is 0 Å². The summed E-state index contributed by atoms with van der Waals surface area (Å²) in [5.74, 6) is 0. The summed E-state index contributed by atoms with van der Waals surface area (Å²) in [4.78, 5) is 0. The summed E-state index contributed by atoms with van der Waals surface area (Å²) in [6, 6.07) is 0. The maximum absolute atomic E-state index is 10.7. The van der Waals surface area contributed by atoms with Crippen LogP contribution in [0.5, 0.6) is 0 Å². The molecule has 0 aliphatic rings. The van der Waals surface area contributed by atoms with E-state index in [2.05, 4.69) is 0 Å². The van der Waals surface area contributed by atoms with Crippen LogP contribution >= 0.6 is 8.25 Å². The van der Waals surface area contributed by atoms with Crippen LogP contribution in [0.25, 0.3) is 0 Å². The third-order valence-electron chi connectivity index (χ3n) is 0.629. The molecular formula is C4H12As2O3P+. The topological polar surface area (TPSA) is 35.5 Å². The van der Waals surface area contributed by atoms with Gasteiger partial charge in [0.05, 0.1) is 0 Å². The van der Waals surface area contributed by atoms with Crippen LogP contribution in [0.2, 0.25) is 10.4 Å². The molecule has 0 aromatic carbocycles. The predicted molar refractivity (Wildman–Crippen MR) is 46.2 cm³/mol. The van der Waals surface area contributed by atoms with Crippen molar-refractivity contribution in [2.75, 3.05) is 13.2 Å². The van der Waals surface area contributed by atoms with Gasteiger partial charge < -0.3 is 0 Å². The second-order valence-corrected chi connectivity index (χ2v) is 4.85. The third-order valence-corrected chi connectivity index (χ3v) is 2.40. The third kappa shape index (κ3) is 7.25. The van der Waals surface area contributed by atoms with Gasteiger partial charge in [0.25, 0.3) is 0 Å². The normalized spacial score (nSPS) is 9.80. The van der Waals surface area contributed by atoms with E-state index in [4.69, 9.17) is 9.05 Å². The van der Waals surface area contributed by atoms with Crippen LogP contribution in [-0.2, 0) is 13.6 Å². The van der Waals surface area contributed by atoms with E-state index in [0.29, 0.717) is 13.2 Å². The summed E-state index contributed by atoms with van der Waals surface area (Å²) < 4.78 is 20.3. The summed E-state index contributed by atoms with van der Waals surface area (Å²) in [5.41, 5.74) is 0. The maximum atomic E-state index is 10.7. The van der Waals surface area contributed by atoms with Gasteiger partial charge in [-0.1, -0.05) is 0 Å². The van der Waals surface area contributed by atoms with Crippen LogP contribution in [-0.4, -0.2) is 46.9 Å². The fraction of sp³-hybridized carbons (Fsp3) is 1.00. The monoisotopic (exact) mass is 289 g/mol. The Morgan fingerprint density at radius 3 is 1.80 bits per heavy atom. The first-order valence-electron chi connectivity index (χ1n) is 2.94. The molecule has 3 nitrogen and oxygen atoms in total. The zero-order valence-corrected chi connectivity index (χ0v) is 11.4. The Kier molecular flexibility index (Phi) is 9.17. The molecule has 2 unspecified atom stereocenters. The fourth-order valence-corrected chi connectivity index (χ4v) is 2.20. The Labute approximate surface area is 79.2 Å². The van der Waals surface area contributed by atoms with Crippen LogP contribution in [0.4, 0.5) is 0 Å². The molecule has 2 atom stereocenters. The minimum absolute atomic E-state index is 0.546. The first-order valence-corrected chi connectivity index (χ1v) is 7.46. The quantitative estimate of drug-likeness (QED) is 0.501. The van der Waals surface area contributed by atoms with Gasteiger partial charge in [-0.3, -0.25) is 0 Å². The van der Waals surface area contributed by atoms with E-state index < -0.39 is 8.25 Å². The van der Waals surface area contributed by atoms with Gasteiger partial charge in [0.1, 0.15) is 0 Å². The molecule has 0 fully saturated rings. The molecule has 0 aromatic rings. The van der Waals surface area contributed by atoms with Gasteiger partial charge in [-0.15, -0.1) is 0 Å². The van der Waals surface area contributed by atoms with E-state index in [0.717, 1.165) is 10.4 Å². The van der Waals surface area contributed by atoms with Crippen molar-refractivity contribution in [2.45, 2.75) is 10.4 Å². The molecule has 0 saturated carbocycles. The van der Waals surface area contributed by atoms with Gasteiger partial charge in [0.15, 0.2) is 0 Å². The Hall–Kier alpha value is 1.14. The molecule has 0 radical (unpaired) electrons. The summed E-state index contributed by atoms with van der Waals surface area (Å²) >= 11 is 3.15. The second kappa shape index (κ2) is 8.24. The summed E-state index contributed by atoms with van der Waals surface area (Å²) in [6.45, 7) is 1.09. The first-order chi connectivity index (χ1) is 4.81. The molecule has 0 bridgehead atoms. The molecule has 60 valence electrons. The average Bonchev–Trinajstić information content (AvgIpc) is 1.97. The molecule has 6 heteroatoms. The van der Waals surface area contributed by atoms with Crippen molar-refractivity contribution in [1.29, 1.82) is 0 Å². The Morgan fingerprint density at radius 1 is 1.10 bits per heavy atom. The molecule has 0 aliphatic carbocycles. The van der Waals surface area contributed by atoms with Crippen LogP contribution in [0.15, 0.2) is 0 Å². The van der Waals surface area contributed by atoms with Crippen molar-refractivity contribution in [3.63, 3.8) is 0 Å². The van der Waals surface area contributed by atoms with Crippen molar-refractivity contribution in [1.82, 2.24) is 0 Å². The fourth-order valence-electron chi connectivity index (χ4n) is 0.292. The molecule has 0 aliphatic heterocycles. The van der Waals surface area contributed by atoms with Gasteiger partial charge >= 0.3 is 79.2 Å². The minimum atomic E-state index is -1.82. The van der Waals surface area contributed by atoms with Gasteiger partial charge in [0.2, 0.25) is 0 Å². The molecular weight excluding hydrogens is 277 g/mol. The van der Waals surface area contributed by atoms with Gasteiger partial charge in [-0.05, 0) is 0 Å². The standard InChI is InChI=1S/C4H12As2O3P/c5-1-3-8-10(7)9-4-2-6/h1-6H2/q+1. The Balaban J connectivity index is 3.09. The van der Waals surface area contributed by atoms with E-state index >= 15 is 0 Å². The van der Waals surface area contributed by atoms with E-state index in [1.807, 2.05) is 0 Å². The first kappa shape index (κ1) is 11.1. The molecule has 0 rings (SSSR count). The van der Waals surface area contributed by atoms with Crippen LogP contribution < -0.4 is 0 Å². The Morgan fingerprint density at radius 2 is 1.50 bits per heavy atom. The SMILES string of the molecule is O=[P+](OCC[AsH2])OCC[AsH2]. The second-order valence-electron chi connectivity index (χ2n) is 1.47. The Bertz CT molecular complexity index is 90.5. The van der Waals surface area contributed by atoms with E-state index in [1.54, 1.807) is 33.7 Å². The van der Waals surface area contributed by atoms with Crippen molar-refractivity contribution in [3.05, 3.63) is 0 Å². The van der Waals surface area contributed by atoms with Crippen LogP contribution in [0.1, 0.15) is 0 Å². The van der Waals surface area contributed by atoms with Crippen molar-refractivity contribution in [3.8, 4) is 0 Å². The van der Waals surface area contributed by atoms with E-state index in [-0.39, 0.29) is 0 Å². The molecule has 0 heterocycles. The molecule has 0 N–H and O–H groups in total. The van der Waals surface area contributed by atoms with Crippen LogP contribution in [0, 0.1) is 0 Å². The number of hydrogen-bond acceptors (Lipinski definition) is 3. The predicted octanol–water partition coefficient (Wildman–Crippen LogP) is -0.220. The van der Waals surface area contributed by atoms with E-state index in [9.17, 15) is 4.57 Å². The van der Waals surface area contributed by atoms with Crippen molar-refractivity contribution >= 4 is 42.0 Å². The van der Waals surface area contributed by atoms with E-state index in [1.165, 1.54) is 0 Å². The number of hydrogen-bond donors (Lipinski definition) is 0. The number of rotatable bonds is 6. The zero-order valence-electron chi connectivity index (χ0n) is 5.66. The summed E-state index contributed by atoms with van der Waals surface area (Å²) in [5, 5.41) is 1.88. The van der Waals surface area contributed by atoms with Gasteiger partial charge in [-0.25, -0.2) is 0 Å².